The number of urea groups is 2. The Labute approximate surface area is 224 Å². The summed E-state index contributed by atoms with van der Waals surface area (Å²) in [7, 11) is 0. The van der Waals surface area contributed by atoms with Crippen molar-refractivity contribution in [2.75, 3.05) is 0 Å². The average Bonchev–Trinajstić information content (AvgIpc) is 3.12. The van der Waals surface area contributed by atoms with E-state index in [1.807, 2.05) is 13.8 Å². The first-order valence-corrected chi connectivity index (χ1v) is 11.7. The zero-order chi connectivity index (χ0) is 31.8. The zero-order valence-electron chi connectivity index (χ0n) is 22.2. The molecule has 0 unspecified atom stereocenters. The molecule has 0 aromatic heterocycles. The van der Waals surface area contributed by atoms with Gasteiger partial charge < -0.3 is 20.8 Å². The quantitative estimate of drug-likeness (QED) is 0.246. The molecule has 40 heavy (non-hydrogen) atoms. The number of imide groups is 2. The van der Waals surface area contributed by atoms with E-state index in [0.717, 1.165) is 4.90 Å². The summed E-state index contributed by atoms with van der Waals surface area (Å²) >= 11 is 0. The molecule has 4 N–H and O–H groups in total. The number of hydrogen-bond acceptors (Lipinski definition) is 6. The maximum atomic E-state index is 12.9. The lowest BCUT2D eigenvalue weighted by Gasteiger charge is -2.31. The lowest BCUT2D eigenvalue weighted by molar-refractivity contribution is -0.290. The van der Waals surface area contributed by atoms with Crippen LogP contribution in [0.25, 0.3) is 0 Å². The molecule has 2 aliphatic heterocycles. The van der Waals surface area contributed by atoms with Crippen molar-refractivity contribution in [3.63, 3.8) is 0 Å². The molecule has 18 heteroatoms. The molecule has 2 aliphatic rings. The number of alkyl halides is 6. The van der Waals surface area contributed by atoms with Gasteiger partial charge in [-0.2, -0.15) is 26.3 Å². The van der Waals surface area contributed by atoms with Crippen molar-refractivity contribution in [3.8, 4) is 0 Å². The van der Waals surface area contributed by atoms with Crippen LogP contribution in [0.3, 0.4) is 0 Å². The van der Waals surface area contributed by atoms with Crippen LogP contribution in [0.1, 0.15) is 54.4 Å². The average molecular weight is 592 g/mol. The Kier molecular flexibility index (Phi) is 9.88. The molecule has 0 aromatic rings. The van der Waals surface area contributed by atoms with Gasteiger partial charge in [-0.25, -0.2) is 29.0 Å². The van der Waals surface area contributed by atoms with E-state index in [2.05, 4.69) is 5.32 Å². The standard InChI is InChI=1S/C11H12F6N2O4.C11H18N2O4/c1-4(2)3-5(6(20)21)19-7(22)9(10(12,13)14,11(15,16)17)18-8(19)23;1-6(2)5-7(8(14)15)13-9(16)11(3,4)12-10(13)17/h4-5H,3H2,1-2H3,(H,18,23)(H,20,21);6-7H,5H2,1-4H3,(H,12,17)(H,14,15)/t5-;7-/m10/s1. The number of halogens is 6. The predicted molar refractivity (Wildman–Crippen MR) is 121 cm³/mol. The van der Waals surface area contributed by atoms with E-state index in [1.165, 1.54) is 13.8 Å². The summed E-state index contributed by atoms with van der Waals surface area (Å²) < 4.78 is 77.4. The number of rotatable bonds is 8. The molecule has 2 saturated heterocycles. The topological polar surface area (TPSA) is 173 Å². The van der Waals surface area contributed by atoms with Crippen molar-refractivity contribution in [1.82, 2.24) is 20.4 Å². The molecule has 0 aliphatic carbocycles. The van der Waals surface area contributed by atoms with Crippen molar-refractivity contribution in [3.05, 3.63) is 0 Å². The number of carbonyl (C=O) groups excluding carboxylic acids is 4. The van der Waals surface area contributed by atoms with Gasteiger partial charge in [0.2, 0.25) is 0 Å². The van der Waals surface area contributed by atoms with Crippen LogP contribution in [0.15, 0.2) is 0 Å². The second kappa shape index (κ2) is 11.5. The molecule has 2 rings (SSSR count). The number of carboxylic acids is 2. The number of hydrogen-bond donors (Lipinski definition) is 4. The lowest BCUT2D eigenvalue weighted by atomic mass is 9.96. The Balaban J connectivity index is 0.000000418. The molecule has 0 radical (unpaired) electrons. The summed E-state index contributed by atoms with van der Waals surface area (Å²) in [5.74, 6) is -6.66. The summed E-state index contributed by atoms with van der Waals surface area (Å²) in [6.45, 7) is 9.66. The van der Waals surface area contributed by atoms with E-state index >= 15 is 0 Å². The molecule has 228 valence electrons. The summed E-state index contributed by atoms with van der Waals surface area (Å²) in [5.41, 5.74) is -6.18. The van der Waals surface area contributed by atoms with E-state index in [-0.39, 0.29) is 12.3 Å². The van der Waals surface area contributed by atoms with Crippen LogP contribution >= 0.6 is 0 Å². The molecule has 0 spiro atoms. The smallest absolute Gasteiger partial charge is 0.429 e. The highest BCUT2D eigenvalue weighted by Gasteiger charge is 2.81. The second-order valence-electron chi connectivity index (χ2n) is 10.5. The molecule has 6 amide bonds. The van der Waals surface area contributed by atoms with Crippen LogP contribution in [0.4, 0.5) is 35.9 Å². The van der Waals surface area contributed by atoms with Crippen molar-refractivity contribution >= 4 is 35.8 Å². The molecule has 12 nitrogen and oxygen atoms in total. The van der Waals surface area contributed by atoms with Gasteiger partial charge in [-0.1, -0.05) is 27.7 Å². The highest BCUT2D eigenvalue weighted by molar-refractivity contribution is 6.10. The molecular formula is C22H30F6N4O8. The zero-order valence-corrected chi connectivity index (χ0v) is 22.2. The number of nitrogens with one attached hydrogen (secondary N) is 2. The van der Waals surface area contributed by atoms with E-state index in [1.54, 1.807) is 13.8 Å². The minimum atomic E-state index is -6.19. The summed E-state index contributed by atoms with van der Waals surface area (Å²) in [6, 6.07) is -5.93. The third-order valence-corrected chi connectivity index (χ3v) is 5.88. The first-order chi connectivity index (χ1) is 17.8. The van der Waals surface area contributed by atoms with Gasteiger partial charge in [0.1, 0.15) is 17.6 Å². The van der Waals surface area contributed by atoms with Crippen molar-refractivity contribution < 1.29 is 65.3 Å². The van der Waals surface area contributed by atoms with Gasteiger partial charge in [-0.15, -0.1) is 0 Å². The number of amides is 6. The van der Waals surface area contributed by atoms with Gasteiger partial charge >= 0.3 is 41.9 Å². The fourth-order valence-electron chi connectivity index (χ4n) is 3.96. The summed E-state index contributed by atoms with van der Waals surface area (Å²) in [5, 5.41) is 21.1. The van der Waals surface area contributed by atoms with Crippen molar-refractivity contribution in [2.24, 2.45) is 11.8 Å². The minimum Gasteiger partial charge on any atom is -0.480 e. The number of aliphatic carboxylic acids is 2. The minimum absolute atomic E-state index is 0.0837. The highest BCUT2D eigenvalue weighted by Crippen LogP contribution is 2.47. The Hall–Kier alpha value is -3.60. The van der Waals surface area contributed by atoms with Crippen molar-refractivity contribution in [1.29, 1.82) is 0 Å². The van der Waals surface area contributed by atoms with Crippen LogP contribution in [0.2, 0.25) is 0 Å². The van der Waals surface area contributed by atoms with Gasteiger partial charge in [0, 0.05) is 0 Å². The first kappa shape index (κ1) is 34.4. The van der Waals surface area contributed by atoms with E-state index in [0.29, 0.717) is 5.32 Å². The molecule has 2 fully saturated rings. The van der Waals surface area contributed by atoms with Crippen LogP contribution in [-0.2, 0) is 19.2 Å². The summed E-state index contributed by atoms with van der Waals surface area (Å²) in [4.78, 5) is 69.5. The second-order valence-corrected chi connectivity index (χ2v) is 10.5. The number of carbonyl (C=O) groups is 6. The van der Waals surface area contributed by atoms with Crippen molar-refractivity contribution in [2.45, 2.75) is 89.9 Å². The lowest BCUT2D eigenvalue weighted by Crippen LogP contribution is -2.68. The van der Waals surface area contributed by atoms with Crippen LogP contribution in [-0.4, -0.2) is 91.3 Å². The number of nitrogens with zero attached hydrogens (tertiary/aromatic N) is 2. The van der Waals surface area contributed by atoms with Crippen LogP contribution in [0, 0.1) is 11.8 Å². The molecular weight excluding hydrogens is 562 g/mol. The van der Waals surface area contributed by atoms with Gasteiger partial charge in [-0.3, -0.25) is 9.59 Å². The number of carboxylic acid groups (broad SMARTS) is 2. The fraction of sp³-hybridized carbons (Fsp3) is 0.727. The molecule has 2 atom stereocenters. The Morgan fingerprint density at radius 1 is 0.725 bits per heavy atom. The first-order valence-electron chi connectivity index (χ1n) is 11.7. The normalized spacial score (nSPS) is 20.2. The van der Waals surface area contributed by atoms with Gasteiger partial charge in [0.25, 0.3) is 11.8 Å². The Bertz CT molecular complexity index is 1040. The van der Waals surface area contributed by atoms with Gasteiger partial charge in [0.05, 0.1) is 0 Å². The van der Waals surface area contributed by atoms with Crippen LogP contribution < -0.4 is 10.6 Å². The summed E-state index contributed by atoms with van der Waals surface area (Å²) in [6.07, 6.45) is -12.6. The predicted octanol–water partition coefficient (Wildman–Crippen LogP) is 2.72. The molecule has 0 bridgehead atoms. The highest BCUT2D eigenvalue weighted by atomic mass is 19.4. The Morgan fingerprint density at radius 2 is 1.05 bits per heavy atom. The third-order valence-electron chi connectivity index (χ3n) is 5.88. The third kappa shape index (κ3) is 6.57. The fourth-order valence-corrected chi connectivity index (χ4v) is 3.96. The largest absolute Gasteiger partial charge is 0.480 e. The van der Waals surface area contributed by atoms with E-state index < -0.39 is 88.6 Å². The van der Waals surface area contributed by atoms with E-state index in [9.17, 15) is 55.1 Å². The Morgan fingerprint density at radius 3 is 1.27 bits per heavy atom. The maximum Gasteiger partial charge on any atom is 0.429 e. The molecule has 0 saturated carbocycles. The SMILES string of the molecule is CC(C)C[C@@H](C(=O)O)N1C(=O)NC(C)(C)C1=O.CC(C)C[C@H](C(=O)O)N1C(=O)NC(C(F)(F)F)(C(F)(F)F)C1=O. The maximum absolute atomic E-state index is 12.9. The van der Waals surface area contributed by atoms with E-state index in [4.69, 9.17) is 10.2 Å². The monoisotopic (exact) mass is 592 g/mol. The van der Waals surface area contributed by atoms with Gasteiger partial charge in [0.15, 0.2) is 0 Å². The van der Waals surface area contributed by atoms with Gasteiger partial charge in [-0.05, 0) is 38.5 Å². The molecule has 2 heterocycles. The molecule has 0 aromatic carbocycles. The van der Waals surface area contributed by atoms with Crippen LogP contribution in [0.5, 0.6) is 0 Å².